The predicted octanol–water partition coefficient (Wildman–Crippen LogP) is 4.43. The molecular formula is C24H30N4O3S. The Labute approximate surface area is 193 Å². The number of nitrogens with zero attached hydrogens (tertiary/aromatic N) is 4. The second-order valence-electron chi connectivity index (χ2n) is 7.56. The Kier molecular flexibility index (Phi) is 8.16. The summed E-state index contributed by atoms with van der Waals surface area (Å²) in [6.45, 7) is 5.47. The summed E-state index contributed by atoms with van der Waals surface area (Å²) in [4.78, 5) is 14.5. The molecular weight excluding hydrogens is 424 g/mol. The topological polar surface area (TPSA) is 69.5 Å². The van der Waals surface area contributed by atoms with Crippen LogP contribution >= 0.6 is 11.8 Å². The molecule has 0 aliphatic heterocycles. The smallest absolute Gasteiger partial charge is 0.233 e. The molecule has 0 saturated heterocycles. The molecule has 1 heterocycles. The van der Waals surface area contributed by atoms with Gasteiger partial charge < -0.3 is 18.9 Å². The SMILES string of the molecule is CCCn1c(SCC(=O)N(C)Cc2ccc(OC)c(OC)c2)nnc1-c1cccc(C)c1. The van der Waals surface area contributed by atoms with E-state index in [4.69, 9.17) is 9.47 Å². The van der Waals surface area contributed by atoms with Crippen molar-refractivity contribution in [1.82, 2.24) is 19.7 Å². The number of amides is 1. The number of carbonyl (C=O) groups is 1. The Balaban J connectivity index is 1.67. The number of hydrogen-bond donors (Lipinski definition) is 0. The maximum atomic E-state index is 12.8. The van der Waals surface area contributed by atoms with E-state index in [0.717, 1.165) is 35.1 Å². The van der Waals surface area contributed by atoms with Crippen LogP contribution in [-0.2, 0) is 17.9 Å². The van der Waals surface area contributed by atoms with Crippen molar-refractivity contribution in [2.45, 2.75) is 38.5 Å². The van der Waals surface area contributed by atoms with E-state index in [2.05, 4.69) is 40.7 Å². The van der Waals surface area contributed by atoms with Gasteiger partial charge in [0.1, 0.15) is 0 Å². The van der Waals surface area contributed by atoms with Gasteiger partial charge in [0.15, 0.2) is 22.5 Å². The van der Waals surface area contributed by atoms with Gasteiger partial charge in [-0.05, 0) is 37.1 Å². The highest BCUT2D eigenvalue weighted by atomic mass is 32.2. The van der Waals surface area contributed by atoms with E-state index in [1.807, 2.05) is 30.3 Å². The third kappa shape index (κ3) is 5.62. The minimum atomic E-state index is 0.0212. The fourth-order valence-electron chi connectivity index (χ4n) is 3.40. The first kappa shape index (κ1) is 23.7. The lowest BCUT2D eigenvalue weighted by Crippen LogP contribution is -2.28. The minimum absolute atomic E-state index is 0.0212. The quantitative estimate of drug-likeness (QED) is 0.422. The molecule has 0 aliphatic carbocycles. The molecule has 1 amide bonds. The van der Waals surface area contributed by atoms with Gasteiger partial charge in [0.25, 0.3) is 0 Å². The molecule has 8 heteroatoms. The molecule has 3 aromatic rings. The molecule has 32 heavy (non-hydrogen) atoms. The van der Waals surface area contributed by atoms with Crippen molar-refractivity contribution in [3.8, 4) is 22.9 Å². The Hall–Kier alpha value is -3.00. The van der Waals surface area contributed by atoms with Gasteiger partial charge in [-0.25, -0.2) is 0 Å². The second kappa shape index (κ2) is 11.0. The lowest BCUT2D eigenvalue weighted by atomic mass is 10.1. The van der Waals surface area contributed by atoms with Crippen LogP contribution in [0.5, 0.6) is 11.5 Å². The number of rotatable bonds is 10. The average molecular weight is 455 g/mol. The molecule has 0 spiro atoms. The molecule has 0 atom stereocenters. The third-order valence-electron chi connectivity index (χ3n) is 5.06. The summed E-state index contributed by atoms with van der Waals surface area (Å²) in [7, 11) is 5.01. The van der Waals surface area contributed by atoms with Crippen LogP contribution in [0.4, 0.5) is 0 Å². The molecule has 1 aromatic heterocycles. The molecule has 0 bridgehead atoms. The average Bonchev–Trinajstić information content (AvgIpc) is 3.20. The molecule has 0 N–H and O–H groups in total. The summed E-state index contributed by atoms with van der Waals surface area (Å²) in [6, 6.07) is 13.9. The molecule has 3 rings (SSSR count). The van der Waals surface area contributed by atoms with Crippen LogP contribution < -0.4 is 9.47 Å². The molecule has 2 aromatic carbocycles. The maximum Gasteiger partial charge on any atom is 0.233 e. The predicted molar refractivity (Wildman–Crippen MR) is 127 cm³/mol. The first-order valence-electron chi connectivity index (χ1n) is 10.5. The van der Waals surface area contributed by atoms with E-state index in [-0.39, 0.29) is 5.91 Å². The van der Waals surface area contributed by atoms with Gasteiger partial charge in [0.05, 0.1) is 20.0 Å². The molecule has 7 nitrogen and oxygen atoms in total. The van der Waals surface area contributed by atoms with E-state index in [1.165, 1.54) is 17.3 Å². The summed E-state index contributed by atoms with van der Waals surface area (Å²) >= 11 is 1.42. The number of thioether (sulfide) groups is 1. The van der Waals surface area contributed by atoms with Crippen LogP contribution in [0.2, 0.25) is 0 Å². The second-order valence-corrected chi connectivity index (χ2v) is 8.50. The van der Waals surface area contributed by atoms with Gasteiger partial charge in [-0.2, -0.15) is 0 Å². The normalized spacial score (nSPS) is 10.8. The number of carbonyl (C=O) groups excluding carboxylic acids is 1. The van der Waals surface area contributed by atoms with Gasteiger partial charge in [-0.1, -0.05) is 48.5 Å². The highest BCUT2D eigenvalue weighted by molar-refractivity contribution is 7.99. The first-order chi connectivity index (χ1) is 15.5. The van der Waals surface area contributed by atoms with E-state index in [1.54, 1.807) is 26.2 Å². The third-order valence-corrected chi connectivity index (χ3v) is 6.01. The van der Waals surface area contributed by atoms with Crippen molar-refractivity contribution in [3.63, 3.8) is 0 Å². The zero-order valence-corrected chi connectivity index (χ0v) is 20.1. The van der Waals surface area contributed by atoms with Crippen molar-refractivity contribution in [2.24, 2.45) is 0 Å². The number of aromatic nitrogens is 3. The number of ether oxygens (including phenoxy) is 2. The van der Waals surface area contributed by atoms with Crippen LogP contribution in [0.1, 0.15) is 24.5 Å². The standard InChI is InChI=1S/C24H30N4O3S/c1-6-12-28-23(19-9-7-8-17(2)13-19)25-26-24(28)32-16-22(29)27(3)15-18-10-11-20(30-4)21(14-18)31-5/h7-11,13-14H,6,12,15-16H2,1-5H3. The molecule has 0 aliphatic rings. The lowest BCUT2D eigenvalue weighted by Gasteiger charge is -2.18. The molecule has 0 unspecified atom stereocenters. The van der Waals surface area contributed by atoms with Crippen LogP contribution in [-0.4, -0.2) is 52.6 Å². The number of hydrogen-bond acceptors (Lipinski definition) is 6. The summed E-state index contributed by atoms with van der Waals surface area (Å²) in [5, 5.41) is 9.55. The summed E-state index contributed by atoms with van der Waals surface area (Å²) in [6.07, 6.45) is 0.956. The number of methoxy groups -OCH3 is 2. The van der Waals surface area contributed by atoms with Crippen LogP contribution in [0.15, 0.2) is 47.6 Å². The fourth-order valence-corrected chi connectivity index (χ4v) is 4.30. The van der Waals surface area contributed by atoms with Crippen molar-refractivity contribution < 1.29 is 14.3 Å². The minimum Gasteiger partial charge on any atom is -0.493 e. The Morgan fingerprint density at radius 2 is 1.88 bits per heavy atom. The van der Waals surface area contributed by atoms with Crippen molar-refractivity contribution >= 4 is 17.7 Å². The summed E-state index contributed by atoms with van der Waals surface area (Å²) in [5.41, 5.74) is 3.18. The highest BCUT2D eigenvalue weighted by Gasteiger charge is 2.17. The number of aryl methyl sites for hydroxylation is 1. The Morgan fingerprint density at radius 3 is 2.56 bits per heavy atom. The summed E-state index contributed by atoms with van der Waals surface area (Å²) in [5.74, 6) is 2.47. The van der Waals surface area contributed by atoms with Crippen LogP contribution in [0.3, 0.4) is 0 Å². The molecule has 0 fully saturated rings. The van der Waals surface area contributed by atoms with E-state index < -0.39 is 0 Å². The van der Waals surface area contributed by atoms with Crippen LogP contribution in [0.25, 0.3) is 11.4 Å². The largest absolute Gasteiger partial charge is 0.493 e. The molecule has 0 radical (unpaired) electrons. The van der Waals surface area contributed by atoms with Gasteiger partial charge >= 0.3 is 0 Å². The zero-order valence-electron chi connectivity index (χ0n) is 19.3. The molecule has 0 saturated carbocycles. The van der Waals surface area contributed by atoms with E-state index in [9.17, 15) is 4.79 Å². The van der Waals surface area contributed by atoms with Gasteiger partial charge in [0, 0.05) is 25.7 Å². The summed E-state index contributed by atoms with van der Waals surface area (Å²) < 4.78 is 12.7. The van der Waals surface area contributed by atoms with Crippen molar-refractivity contribution in [3.05, 3.63) is 53.6 Å². The van der Waals surface area contributed by atoms with Crippen molar-refractivity contribution in [2.75, 3.05) is 27.0 Å². The van der Waals surface area contributed by atoms with Gasteiger partial charge in [-0.3, -0.25) is 4.79 Å². The Bertz CT molecular complexity index is 1070. The highest BCUT2D eigenvalue weighted by Crippen LogP contribution is 2.28. The molecule has 170 valence electrons. The van der Waals surface area contributed by atoms with Gasteiger partial charge in [-0.15, -0.1) is 10.2 Å². The number of benzene rings is 2. The first-order valence-corrected chi connectivity index (χ1v) is 11.5. The lowest BCUT2D eigenvalue weighted by molar-refractivity contribution is -0.127. The monoisotopic (exact) mass is 454 g/mol. The maximum absolute atomic E-state index is 12.8. The van der Waals surface area contributed by atoms with Crippen molar-refractivity contribution in [1.29, 1.82) is 0 Å². The van der Waals surface area contributed by atoms with Crippen LogP contribution in [0, 0.1) is 6.92 Å². The van der Waals surface area contributed by atoms with Gasteiger partial charge in [0.2, 0.25) is 5.91 Å². The Morgan fingerprint density at radius 1 is 1.09 bits per heavy atom. The van der Waals surface area contributed by atoms with E-state index >= 15 is 0 Å². The fraction of sp³-hybridized carbons (Fsp3) is 0.375. The zero-order chi connectivity index (χ0) is 23.1. The van der Waals surface area contributed by atoms with E-state index in [0.29, 0.717) is 23.8 Å².